The fourth-order valence-electron chi connectivity index (χ4n) is 8.98. The fourth-order valence-corrected chi connectivity index (χ4v) is 14.2. The van der Waals surface area contributed by atoms with Gasteiger partial charge in [-0.1, -0.05) is 0 Å². The van der Waals surface area contributed by atoms with Gasteiger partial charge in [-0.15, -0.1) is 0 Å². The monoisotopic (exact) mass is 1160 g/mol. The first-order valence-electron chi connectivity index (χ1n) is 21.8. The molecule has 3 fully saturated rings. The molecule has 5 unspecified atom stereocenters. The summed E-state index contributed by atoms with van der Waals surface area (Å²) in [4.78, 5) is 97.1. The highest BCUT2D eigenvalue weighted by Crippen LogP contribution is 2.68. The highest BCUT2D eigenvalue weighted by molar-refractivity contribution is 7.66. The number of aromatic nitrogens is 12. The van der Waals surface area contributed by atoms with Crippen molar-refractivity contribution in [1.29, 1.82) is 0 Å². The Kier molecular flexibility index (Phi) is 15.3. The van der Waals surface area contributed by atoms with E-state index < -0.39 is 135 Å². The highest BCUT2D eigenvalue weighted by Gasteiger charge is 2.58. The molecule has 0 amide bonds. The van der Waals surface area contributed by atoms with Crippen LogP contribution in [0.15, 0.2) is 34.9 Å². The number of nitrogens with one attached hydrogen (secondary N) is 2. The molecule has 0 aliphatic carbocycles. The van der Waals surface area contributed by atoms with Gasteiger partial charge in [0.25, 0.3) is 16.7 Å². The van der Waals surface area contributed by atoms with Gasteiger partial charge in [0.2, 0.25) is 24.5 Å². The maximum atomic E-state index is 14.4. The largest absolute Gasteiger partial charge is 0.490 e. The average Bonchev–Trinajstić information content (AvgIpc) is 4.22. The zero-order chi connectivity index (χ0) is 55.0. The molecule has 42 heteroatoms. The summed E-state index contributed by atoms with van der Waals surface area (Å²) in [6, 6.07) is 0. The number of phosphoric acid groups is 3. The minimum atomic E-state index is -6.19. The van der Waals surface area contributed by atoms with Crippen molar-refractivity contribution in [2.75, 3.05) is 57.8 Å². The van der Waals surface area contributed by atoms with E-state index in [0.29, 0.717) is 0 Å². The Morgan fingerprint density at radius 3 is 1.88 bits per heavy atom. The summed E-state index contributed by atoms with van der Waals surface area (Å²) in [6.07, 6.45) is -11.2. The first kappa shape index (κ1) is 55.6. The number of nitrogen functional groups attached to an aromatic ring is 3. The number of rotatable bonds is 20. The molecule has 9 heterocycles. The number of fused-ring (bicyclic) bond motifs is 3. The molecule has 0 bridgehead atoms. The van der Waals surface area contributed by atoms with Gasteiger partial charge >= 0.3 is 36.6 Å². The third-order valence-corrected chi connectivity index (χ3v) is 18.4. The van der Waals surface area contributed by atoms with E-state index in [1.165, 1.54) is 34.2 Å². The molecule has 0 saturated carbocycles. The Labute approximate surface area is 422 Å². The second-order valence-electron chi connectivity index (χ2n) is 17.1. The van der Waals surface area contributed by atoms with Gasteiger partial charge in [-0.25, -0.2) is 38.2 Å². The number of ether oxygens (including phenoxy) is 5. The van der Waals surface area contributed by atoms with Crippen molar-refractivity contribution < 1.29 is 104 Å². The van der Waals surface area contributed by atoms with Crippen molar-refractivity contribution in [1.82, 2.24) is 53.6 Å². The number of phosphoric ester groups is 2. The number of hydrogen-bond acceptors (Lipinski definition) is 28. The van der Waals surface area contributed by atoms with Gasteiger partial charge < -0.3 is 80.3 Å². The molecule has 0 spiro atoms. The van der Waals surface area contributed by atoms with E-state index in [9.17, 15) is 62.7 Å². The maximum Gasteiger partial charge on any atom is 0.490 e. The summed E-state index contributed by atoms with van der Waals surface area (Å²) in [5.74, 6) is -1.71. The Hall–Kier alpha value is -5.11. The quantitative estimate of drug-likeness (QED) is 0.0258. The summed E-state index contributed by atoms with van der Waals surface area (Å²) < 4.78 is 111. The molecule has 16 atom stereocenters. The van der Waals surface area contributed by atoms with Crippen LogP contribution in [0, 0.1) is 5.92 Å². The number of nitrogens with two attached hydrogens (primary N) is 3. The number of nitrogens with zero attached hydrogens (tertiary/aromatic N) is 10. The Morgan fingerprint density at radius 1 is 0.658 bits per heavy atom. The molecule has 38 nitrogen and oxygen atoms in total. The SMILES string of the molecule is COC[C@@H]1[C@@H](COP(=O)(O)OP(=O)(O)OP(=O)(O)OC[C@H]2O[C@@H](n3cnc4c(N)ncnc43)[C@H](OC)[C@@H]2P(=O)(O)OC[C@H]2O[C@@H](n3cnc4c(=O)[nH]c(N)nc43)[C@H](O)[C@@H]2O)OC(n2c[n+](C)c3c(=O)[nH]c(N)nc32)[C@@H]1O. The summed E-state index contributed by atoms with van der Waals surface area (Å²) >= 11 is 0. The predicted molar refractivity (Wildman–Crippen MR) is 247 cm³/mol. The highest BCUT2D eigenvalue weighted by atomic mass is 31.3. The van der Waals surface area contributed by atoms with Gasteiger partial charge in [0.15, 0.2) is 35.1 Å². The number of H-pyrrole nitrogens is 2. The maximum absolute atomic E-state index is 14.4. The van der Waals surface area contributed by atoms with Crippen LogP contribution in [0.4, 0.5) is 17.7 Å². The van der Waals surface area contributed by atoms with Gasteiger partial charge in [0.1, 0.15) is 54.1 Å². The Bertz CT molecular complexity index is 3490. The van der Waals surface area contributed by atoms with Crippen LogP contribution in [0.3, 0.4) is 0 Å². The molecule has 15 N–H and O–H groups in total. The smallest absolute Gasteiger partial charge is 0.387 e. The lowest BCUT2D eigenvalue weighted by Gasteiger charge is -2.28. The van der Waals surface area contributed by atoms with Crippen molar-refractivity contribution in [3.05, 3.63) is 46.0 Å². The standard InChI is InChI=1S/C34H47N15O23P4/c1-46-11-49(27-18(46)29(54)45-34(37)43-27)30-19(50)12(4-63-2)13(68-30)5-66-74(57,58)71-76(61,62)72-75(59,60)67-7-15-23(22(64-3)32(70-15)47-9-40-16-24(35)38-8-39-25(16)47)73(55,56)65-6-14-20(51)21(52)31(69-14)48-10-41-17-26(48)42-33(36)44-28(17)53/h8-15,19-23,30-32,50-52H,4-7H2,1-3H3,(H11-,35,36,37,38,39,42,43,44,45,53,54,55,56,57,58,59,60,61,62)/p+1/t12-,13-,14-,15-,19-,20-,21-,22-,23-,30?,31-,32-/m1/s1. The van der Waals surface area contributed by atoms with Crippen molar-refractivity contribution in [3.8, 4) is 0 Å². The van der Waals surface area contributed by atoms with Crippen molar-refractivity contribution in [2.45, 2.75) is 67.1 Å². The second-order valence-corrected chi connectivity index (χ2v) is 23.7. The van der Waals surface area contributed by atoms with Gasteiger partial charge in [-0.05, 0) is 0 Å². The zero-order valence-corrected chi connectivity index (χ0v) is 42.8. The second kappa shape index (κ2) is 20.9. The van der Waals surface area contributed by atoms with E-state index in [1.54, 1.807) is 0 Å². The van der Waals surface area contributed by atoms with Gasteiger partial charge in [0, 0.05) is 20.1 Å². The topological polar surface area (TPSA) is 542 Å². The molecule has 0 radical (unpaired) electrons. The molecule has 3 aliphatic heterocycles. The fraction of sp³-hybridized carbons (Fsp3) is 0.559. The van der Waals surface area contributed by atoms with Crippen LogP contribution in [0.1, 0.15) is 18.7 Å². The van der Waals surface area contributed by atoms with Crippen LogP contribution < -0.4 is 32.9 Å². The number of aromatic amines is 2. The van der Waals surface area contributed by atoms with Crippen molar-refractivity contribution in [2.24, 2.45) is 13.0 Å². The van der Waals surface area contributed by atoms with E-state index in [-0.39, 0.29) is 57.8 Å². The van der Waals surface area contributed by atoms with Crippen LogP contribution in [0.25, 0.3) is 33.5 Å². The molecule has 76 heavy (non-hydrogen) atoms. The Morgan fingerprint density at radius 2 is 1.22 bits per heavy atom. The van der Waals surface area contributed by atoms with E-state index in [1.807, 2.05) is 0 Å². The third kappa shape index (κ3) is 10.7. The summed E-state index contributed by atoms with van der Waals surface area (Å²) in [5, 5.41) is 33.2. The van der Waals surface area contributed by atoms with E-state index in [2.05, 4.69) is 48.5 Å². The molecule has 9 rings (SSSR count). The summed E-state index contributed by atoms with van der Waals surface area (Å²) in [5.41, 5.74) is 13.8. The van der Waals surface area contributed by atoms with E-state index >= 15 is 0 Å². The van der Waals surface area contributed by atoms with Gasteiger partial charge in [-0.2, -0.15) is 23.2 Å². The molecule has 6 aromatic heterocycles. The summed E-state index contributed by atoms with van der Waals surface area (Å²) in [7, 11) is -19.4. The molecule has 0 aromatic carbocycles. The molecule has 3 aliphatic rings. The van der Waals surface area contributed by atoms with Crippen LogP contribution >= 0.6 is 31.1 Å². The number of aliphatic hydroxyl groups excluding tert-OH is 3. The van der Waals surface area contributed by atoms with Crippen LogP contribution in [0.5, 0.6) is 0 Å². The zero-order valence-electron chi connectivity index (χ0n) is 39.2. The van der Waals surface area contributed by atoms with Crippen LogP contribution in [-0.4, -0.2) is 178 Å². The third-order valence-electron chi connectivity index (χ3n) is 12.3. The first-order valence-corrected chi connectivity index (χ1v) is 28.0. The van der Waals surface area contributed by atoms with E-state index in [4.69, 9.17) is 54.5 Å². The van der Waals surface area contributed by atoms with Crippen LogP contribution in [0.2, 0.25) is 0 Å². The first-order chi connectivity index (χ1) is 35.7. The number of methoxy groups -OCH3 is 2. The van der Waals surface area contributed by atoms with Crippen molar-refractivity contribution in [3.63, 3.8) is 0 Å². The van der Waals surface area contributed by atoms with Gasteiger partial charge in [-0.3, -0.25) is 42.3 Å². The molecular formula is C34H48N15O23P4+. The average molecular weight is 1160 g/mol. The van der Waals surface area contributed by atoms with Gasteiger partial charge in [0.05, 0.1) is 52.2 Å². The lowest BCUT2D eigenvalue weighted by atomic mass is 9.99. The Balaban J connectivity index is 0.888. The molecule has 6 aromatic rings. The summed E-state index contributed by atoms with van der Waals surface area (Å²) in [6.45, 7) is -3.46. The minimum Gasteiger partial charge on any atom is -0.387 e. The number of imidazole rings is 3. The van der Waals surface area contributed by atoms with E-state index in [0.717, 1.165) is 30.7 Å². The normalized spacial score (nSPS) is 30.2. The van der Waals surface area contributed by atoms with Crippen LogP contribution in [-0.2, 0) is 71.2 Å². The number of anilines is 3. The molecule has 416 valence electrons. The lowest BCUT2D eigenvalue weighted by molar-refractivity contribution is -0.646. The minimum absolute atomic E-state index is 0.000586. The van der Waals surface area contributed by atoms with Crippen molar-refractivity contribution >= 4 is 82.3 Å². The molecule has 3 saturated heterocycles. The lowest BCUT2D eigenvalue weighted by Crippen LogP contribution is -2.38. The number of aliphatic hydroxyl groups is 3. The predicted octanol–water partition coefficient (Wildman–Crippen LogP) is -3.74. The number of hydrogen-bond donors (Lipinski definition) is 12. The molecular weight excluding hydrogens is 1110 g/mol. The number of aryl methyl sites for hydroxylation is 1.